The molecule has 0 bridgehead atoms. The second kappa shape index (κ2) is 4.94. The molecule has 0 aromatic heterocycles. The normalized spacial score (nSPS) is 15.4. The zero-order valence-corrected chi connectivity index (χ0v) is 11.3. The summed E-state index contributed by atoms with van der Waals surface area (Å²) in [5.74, 6) is -0.0323. The largest absolute Gasteiger partial charge is 0.321 e. The molecule has 2 aromatic rings. The van der Waals surface area contributed by atoms with E-state index in [2.05, 4.69) is 17.4 Å². The van der Waals surface area contributed by atoms with Crippen LogP contribution in [-0.4, -0.2) is 12.2 Å². The molecule has 1 aliphatic rings. The Balaban J connectivity index is 2.01. The van der Waals surface area contributed by atoms with E-state index in [1.165, 1.54) is 4.90 Å². The van der Waals surface area contributed by atoms with E-state index < -0.39 is 0 Å². The molecule has 1 heterocycles. The summed E-state index contributed by atoms with van der Waals surface area (Å²) in [7, 11) is 0. The molecule has 1 N–H and O–H groups in total. The van der Waals surface area contributed by atoms with Crippen molar-refractivity contribution >= 4 is 35.0 Å². The molecule has 0 radical (unpaired) electrons. The average molecular weight is 267 g/mol. The Morgan fingerprint density at radius 2 is 1.79 bits per heavy atom. The van der Waals surface area contributed by atoms with Gasteiger partial charge in [-0.15, -0.1) is 11.8 Å². The molecule has 1 amide bonds. The number of rotatable bonds is 2. The fourth-order valence-electron chi connectivity index (χ4n) is 2.15. The van der Waals surface area contributed by atoms with E-state index in [0.717, 1.165) is 22.4 Å². The summed E-state index contributed by atoms with van der Waals surface area (Å²) in [5, 5.41) is 2.88. The first kappa shape index (κ1) is 12.1. The number of carbonyl (C=O) groups is 1. The molecule has 0 unspecified atom stereocenters. The lowest BCUT2D eigenvalue weighted by atomic mass is 10.0. The van der Waals surface area contributed by atoms with Gasteiger partial charge in [0, 0.05) is 21.7 Å². The van der Waals surface area contributed by atoms with E-state index >= 15 is 0 Å². The molecular formula is C16H13NOS. The molecule has 0 spiro atoms. The van der Waals surface area contributed by atoms with Crippen LogP contribution in [0, 0.1) is 0 Å². The van der Waals surface area contributed by atoms with Crippen LogP contribution in [0.3, 0.4) is 0 Å². The number of fused-ring (bicyclic) bond motifs is 1. The van der Waals surface area contributed by atoms with Crippen LogP contribution in [-0.2, 0) is 4.79 Å². The van der Waals surface area contributed by atoms with Gasteiger partial charge in [0.1, 0.15) is 0 Å². The molecule has 1 aliphatic heterocycles. The smallest absolute Gasteiger partial charge is 0.256 e. The Bertz CT molecular complexity index is 659. The summed E-state index contributed by atoms with van der Waals surface area (Å²) in [4.78, 5) is 13.2. The highest BCUT2D eigenvalue weighted by Crippen LogP contribution is 2.32. The molecule has 94 valence electrons. The molecule has 2 nitrogen and oxygen atoms in total. The number of carbonyl (C=O) groups excluding carboxylic acids is 1. The lowest BCUT2D eigenvalue weighted by Crippen LogP contribution is -2.03. The van der Waals surface area contributed by atoms with E-state index in [1.807, 2.05) is 48.7 Å². The molecule has 0 atom stereocenters. The van der Waals surface area contributed by atoms with Gasteiger partial charge in [0.25, 0.3) is 5.91 Å². The first-order valence-electron chi connectivity index (χ1n) is 6.04. The van der Waals surface area contributed by atoms with Crippen LogP contribution in [0.25, 0.3) is 11.6 Å². The number of hydrogen-bond donors (Lipinski definition) is 1. The van der Waals surface area contributed by atoms with Crippen LogP contribution in [0.15, 0.2) is 53.4 Å². The monoisotopic (exact) mass is 267 g/mol. The van der Waals surface area contributed by atoms with Crippen LogP contribution >= 0.6 is 11.8 Å². The third-order valence-corrected chi connectivity index (χ3v) is 3.88. The number of thioether (sulfide) groups is 1. The highest BCUT2D eigenvalue weighted by atomic mass is 32.2. The van der Waals surface area contributed by atoms with Crippen molar-refractivity contribution in [2.24, 2.45) is 0 Å². The Morgan fingerprint density at radius 1 is 1.05 bits per heavy atom. The molecule has 2 aromatic carbocycles. The number of amides is 1. The van der Waals surface area contributed by atoms with Gasteiger partial charge in [-0.25, -0.2) is 0 Å². The van der Waals surface area contributed by atoms with E-state index in [4.69, 9.17) is 0 Å². The van der Waals surface area contributed by atoms with Crippen LogP contribution < -0.4 is 5.32 Å². The van der Waals surface area contributed by atoms with Gasteiger partial charge in [-0.2, -0.15) is 0 Å². The van der Waals surface area contributed by atoms with Crippen molar-refractivity contribution in [3.05, 3.63) is 59.7 Å². The van der Waals surface area contributed by atoms with Crippen molar-refractivity contribution in [2.45, 2.75) is 4.90 Å². The molecule has 19 heavy (non-hydrogen) atoms. The van der Waals surface area contributed by atoms with Crippen molar-refractivity contribution in [1.29, 1.82) is 0 Å². The third-order valence-electron chi connectivity index (χ3n) is 3.14. The van der Waals surface area contributed by atoms with Gasteiger partial charge in [-0.3, -0.25) is 4.79 Å². The standard InChI is InChI=1S/C16H13NOS/c1-19-12-8-6-11(7-9-12)10-14-13-4-2-3-5-15(13)17-16(14)18/h2-10H,1H3,(H,17,18)/b14-10-. The minimum Gasteiger partial charge on any atom is -0.321 e. The lowest BCUT2D eigenvalue weighted by molar-refractivity contribution is -0.110. The summed E-state index contributed by atoms with van der Waals surface area (Å²) in [6.45, 7) is 0. The fraction of sp³-hybridized carbons (Fsp3) is 0.0625. The fourth-order valence-corrected chi connectivity index (χ4v) is 2.56. The van der Waals surface area contributed by atoms with Crippen molar-refractivity contribution in [2.75, 3.05) is 11.6 Å². The highest BCUT2D eigenvalue weighted by Gasteiger charge is 2.22. The lowest BCUT2D eigenvalue weighted by Gasteiger charge is -2.00. The summed E-state index contributed by atoms with van der Waals surface area (Å²) in [5.41, 5.74) is 3.63. The van der Waals surface area contributed by atoms with E-state index in [1.54, 1.807) is 11.8 Å². The molecule has 0 aliphatic carbocycles. The summed E-state index contributed by atoms with van der Waals surface area (Å²) in [6, 6.07) is 16.0. The molecular weight excluding hydrogens is 254 g/mol. The summed E-state index contributed by atoms with van der Waals surface area (Å²) < 4.78 is 0. The molecule has 3 rings (SSSR count). The van der Waals surface area contributed by atoms with E-state index in [9.17, 15) is 4.79 Å². The minimum atomic E-state index is -0.0323. The first-order valence-corrected chi connectivity index (χ1v) is 7.27. The van der Waals surface area contributed by atoms with Crippen molar-refractivity contribution in [3.63, 3.8) is 0 Å². The quantitative estimate of drug-likeness (QED) is 0.660. The van der Waals surface area contributed by atoms with Crippen LogP contribution in [0.2, 0.25) is 0 Å². The predicted octanol–water partition coefficient (Wildman–Crippen LogP) is 3.90. The summed E-state index contributed by atoms with van der Waals surface area (Å²) in [6.07, 6.45) is 3.99. The van der Waals surface area contributed by atoms with E-state index in [-0.39, 0.29) is 5.91 Å². The highest BCUT2D eigenvalue weighted by molar-refractivity contribution is 7.98. The maximum Gasteiger partial charge on any atom is 0.256 e. The predicted molar refractivity (Wildman–Crippen MR) is 81.2 cm³/mol. The second-order valence-electron chi connectivity index (χ2n) is 4.33. The topological polar surface area (TPSA) is 29.1 Å². The van der Waals surface area contributed by atoms with Crippen molar-refractivity contribution < 1.29 is 4.79 Å². The van der Waals surface area contributed by atoms with Gasteiger partial charge in [0.05, 0.1) is 0 Å². The minimum absolute atomic E-state index is 0.0323. The number of hydrogen-bond acceptors (Lipinski definition) is 2. The SMILES string of the molecule is CSc1ccc(/C=C2\C(=O)Nc3ccccc32)cc1. The van der Waals surface area contributed by atoms with Crippen LogP contribution in [0.4, 0.5) is 5.69 Å². The zero-order chi connectivity index (χ0) is 13.2. The maximum absolute atomic E-state index is 12.0. The van der Waals surface area contributed by atoms with Crippen LogP contribution in [0.1, 0.15) is 11.1 Å². The number of nitrogens with one attached hydrogen (secondary N) is 1. The van der Waals surface area contributed by atoms with E-state index in [0.29, 0.717) is 0 Å². The molecule has 0 saturated heterocycles. The molecule has 0 saturated carbocycles. The number of benzene rings is 2. The van der Waals surface area contributed by atoms with Crippen LogP contribution in [0.5, 0.6) is 0 Å². The van der Waals surface area contributed by atoms with Crippen molar-refractivity contribution in [1.82, 2.24) is 0 Å². The Morgan fingerprint density at radius 3 is 2.53 bits per heavy atom. The number of para-hydroxylation sites is 1. The van der Waals surface area contributed by atoms with Gasteiger partial charge in [-0.1, -0.05) is 30.3 Å². The molecule has 3 heteroatoms. The van der Waals surface area contributed by atoms with Crippen molar-refractivity contribution in [3.8, 4) is 0 Å². The summed E-state index contributed by atoms with van der Waals surface area (Å²) >= 11 is 1.71. The second-order valence-corrected chi connectivity index (χ2v) is 5.21. The Hall–Kier alpha value is -2.00. The Kier molecular flexibility index (Phi) is 3.13. The van der Waals surface area contributed by atoms with Gasteiger partial charge >= 0.3 is 0 Å². The van der Waals surface area contributed by atoms with Gasteiger partial charge < -0.3 is 5.32 Å². The van der Waals surface area contributed by atoms with Gasteiger partial charge in [-0.05, 0) is 36.1 Å². The zero-order valence-electron chi connectivity index (χ0n) is 10.5. The Labute approximate surface area is 116 Å². The third kappa shape index (κ3) is 2.29. The maximum atomic E-state index is 12.0. The van der Waals surface area contributed by atoms with Gasteiger partial charge in [0.15, 0.2) is 0 Å². The van der Waals surface area contributed by atoms with Gasteiger partial charge in [0.2, 0.25) is 0 Å². The molecule has 0 fully saturated rings. The first-order chi connectivity index (χ1) is 9.28. The average Bonchev–Trinajstić information content (AvgIpc) is 2.76. The number of anilines is 1.